The summed E-state index contributed by atoms with van der Waals surface area (Å²) in [6, 6.07) is 16.6. The van der Waals surface area contributed by atoms with Crippen molar-refractivity contribution in [3.63, 3.8) is 0 Å². The second-order valence-corrected chi connectivity index (χ2v) is 5.20. The van der Waals surface area contributed by atoms with Gasteiger partial charge in [0.2, 0.25) is 0 Å². The van der Waals surface area contributed by atoms with Gasteiger partial charge in [0.05, 0.1) is 0 Å². The normalized spacial score (nSPS) is 11.4. The van der Waals surface area contributed by atoms with E-state index in [0.717, 1.165) is 11.1 Å². The van der Waals surface area contributed by atoms with E-state index in [1.54, 1.807) is 12.1 Å². The van der Waals surface area contributed by atoms with E-state index in [-0.39, 0.29) is 5.75 Å². The topological polar surface area (TPSA) is 54.4 Å². The number of hydrogen-bond acceptors (Lipinski definition) is 2. The third kappa shape index (κ3) is 3.15. The number of benzene rings is 2. The maximum absolute atomic E-state index is 10.9. The molecule has 0 spiro atoms. The average molecular weight is 248 g/mol. The van der Waals surface area contributed by atoms with Crippen molar-refractivity contribution in [1.82, 2.24) is 0 Å². The van der Waals surface area contributed by atoms with Crippen LogP contribution >= 0.6 is 0 Å². The van der Waals surface area contributed by atoms with Crippen LogP contribution in [-0.2, 0) is 15.9 Å². The predicted molar refractivity (Wildman–Crippen MR) is 67.1 cm³/mol. The Hall–Kier alpha value is -1.65. The van der Waals surface area contributed by atoms with Gasteiger partial charge in [-0.25, -0.2) is 0 Å². The Labute approximate surface area is 100 Å². The molecule has 0 saturated heterocycles. The molecular formula is C13H12O3S. The molecule has 0 aliphatic heterocycles. The van der Waals surface area contributed by atoms with Crippen LogP contribution in [0.3, 0.4) is 0 Å². The van der Waals surface area contributed by atoms with E-state index in [2.05, 4.69) is 0 Å². The fraction of sp³-hybridized carbons (Fsp3) is 0.0769. The molecule has 4 heteroatoms. The summed E-state index contributed by atoms with van der Waals surface area (Å²) in [4.78, 5) is 0. The molecule has 0 heterocycles. The van der Waals surface area contributed by atoms with Gasteiger partial charge in [0.15, 0.2) is 0 Å². The summed E-state index contributed by atoms with van der Waals surface area (Å²) in [5, 5.41) is 0. The lowest BCUT2D eigenvalue weighted by atomic mass is 10.0. The summed E-state index contributed by atoms with van der Waals surface area (Å²) < 4.78 is 30.8. The lowest BCUT2D eigenvalue weighted by Gasteiger charge is -2.07. The van der Waals surface area contributed by atoms with Crippen molar-refractivity contribution in [2.24, 2.45) is 0 Å². The molecule has 1 N–H and O–H groups in total. The lowest BCUT2D eigenvalue weighted by Crippen LogP contribution is -2.02. The van der Waals surface area contributed by atoms with Gasteiger partial charge >= 0.3 is 0 Å². The van der Waals surface area contributed by atoms with Crippen molar-refractivity contribution < 1.29 is 13.0 Å². The smallest absolute Gasteiger partial charge is 0.269 e. The maximum atomic E-state index is 10.9. The van der Waals surface area contributed by atoms with Crippen molar-refractivity contribution in [2.45, 2.75) is 5.75 Å². The summed E-state index contributed by atoms with van der Waals surface area (Å²) in [6.07, 6.45) is 0. The minimum Gasteiger partial charge on any atom is -0.285 e. The first-order valence-electron chi connectivity index (χ1n) is 5.15. The molecule has 2 aromatic carbocycles. The van der Waals surface area contributed by atoms with Crippen LogP contribution in [0.15, 0.2) is 54.6 Å². The molecule has 0 unspecified atom stereocenters. The molecule has 2 aromatic rings. The molecule has 0 saturated carbocycles. The maximum Gasteiger partial charge on any atom is 0.269 e. The molecule has 0 fully saturated rings. The molecule has 0 radical (unpaired) electrons. The van der Waals surface area contributed by atoms with Gasteiger partial charge in [-0.3, -0.25) is 4.55 Å². The van der Waals surface area contributed by atoms with Gasteiger partial charge in [-0.15, -0.1) is 0 Å². The highest BCUT2D eigenvalue weighted by Crippen LogP contribution is 2.24. The molecular weight excluding hydrogens is 236 g/mol. The minimum atomic E-state index is -4.01. The van der Waals surface area contributed by atoms with Gasteiger partial charge in [-0.05, 0) is 16.7 Å². The molecule has 0 bridgehead atoms. The van der Waals surface area contributed by atoms with Crippen molar-refractivity contribution >= 4 is 10.1 Å². The van der Waals surface area contributed by atoms with Gasteiger partial charge < -0.3 is 0 Å². The first kappa shape index (κ1) is 11.8. The Bertz CT molecular complexity index is 604. The summed E-state index contributed by atoms with van der Waals surface area (Å²) in [6.45, 7) is 0. The molecule has 2 rings (SSSR count). The molecule has 0 aliphatic carbocycles. The minimum absolute atomic E-state index is 0.363. The highest BCUT2D eigenvalue weighted by molar-refractivity contribution is 7.85. The lowest BCUT2D eigenvalue weighted by molar-refractivity contribution is 0.482. The van der Waals surface area contributed by atoms with Crippen molar-refractivity contribution in [2.75, 3.05) is 0 Å². The summed E-state index contributed by atoms with van der Waals surface area (Å²) in [5.74, 6) is -0.363. The van der Waals surface area contributed by atoms with E-state index >= 15 is 0 Å². The SMILES string of the molecule is O=S(=O)(O)Cc1ccccc1-c1ccccc1. The zero-order chi connectivity index (χ0) is 12.3. The van der Waals surface area contributed by atoms with Crippen molar-refractivity contribution in [3.05, 3.63) is 60.2 Å². The number of hydrogen-bond donors (Lipinski definition) is 1. The summed E-state index contributed by atoms with van der Waals surface area (Å²) in [7, 11) is -4.01. The highest BCUT2D eigenvalue weighted by Gasteiger charge is 2.11. The van der Waals surface area contributed by atoms with Crippen LogP contribution in [0.5, 0.6) is 0 Å². The molecule has 0 amide bonds. The van der Waals surface area contributed by atoms with E-state index < -0.39 is 10.1 Å². The Balaban J connectivity index is 2.49. The van der Waals surface area contributed by atoms with Gasteiger partial charge in [-0.2, -0.15) is 8.42 Å². The van der Waals surface area contributed by atoms with Gasteiger partial charge in [-0.1, -0.05) is 54.6 Å². The van der Waals surface area contributed by atoms with Crippen molar-refractivity contribution in [1.29, 1.82) is 0 Å². The largest absolute Gasteiger partial charge is 0.285 e. The quantitative estimate of drug-likeness (QED) is 0.850. The summed E-state index contributed by atoms with van der Waals surface area (Å²) >= 11 is 0. The molecule has 0 aromatic heterocycles. The van der Waals surface area contributed by atoms with Crippen LogP contribution in [0.2, 0.25) is 0 Å². The van der Waals surface area contributed by atoms with Crippen molar-refractivity contribution in [3.8, 4) is 11.1 Å². The first-order valence-corrected chi connectivity index (χ1v) is 6.76. The molecule has 0 atom stereocenters. The molecule has 88 valence electrons. The van der Waals surface area contributed by atoms with E-state index in [9.17, 15) is 8.42 Å². The molecule has 17 heavy (non-hydrogen) atoms. The standard InChI is InChI=1S/C13H12O3S/c14-17(15,16)10-12-8-4-5-9-13(12)11-6-2-1-3-7-11/h1-9H,10H2,(H,14,15,16). The fourth-order valence-corrected chi connectivity index (χ4v) is 2.39. The van der Waals surface area contributed by atoms with Crippen LogP contribution < -0.4 is 0 Å². The monoisotopic (exact) mass is 248 g/mol. The fourth-order valence-electron chi connectivity index (χ4n) is 1.74. The molecule has 0 aliphatic rings. The van der Waals surface area contributed by atoms with E-state index in [4.69, 9.17) is 4.55 Å². The molecule has 3 nitrogen and oxygen atoms in total. The Morgan fingerprint density at radius 2 is 1.47 bits per heavy atom. The van der Waals surface area contributed by atoms with E-state index in [0.29, 0.717) is 5.56 Å². The average Bonchev–Trinajstić information content (AvgIpc) is 2.29. The predicted octanol–water partition coefficient (Wildman–Crippen LogP) is 2.74. The highest BCUT2D eigenvalue weighted by atomic mass is 32.2. The van der Waals surface area contributed by atoms with Crippen LogP contribution in [0.25, 0.3) is 11.1 Å². The second-order valence-electron chi connectivity index (χ2n) is 3.75. The van der Waals surface area contributed by atoms with E-state index in [1.807, 2.05) is 42.5 Å². The Kier molecular flexibility index (Phi) is 3.26. The first-order chi connectivity index (χ1) is 8.06. The summed E-state index contributed by atoms with van der Waals surface area (Å²) in [5.41, 5.74) is 2.36. The van der Waals surface area contributed by atoms with Crippen LogP contribution in [0.4, 0.5) is 0 Å². The van der Waals surface area contributed by atoms with E-state index in [1.165, 1.54) is 0 Å². The third-order valence-corrected chi connectivity index (χ3v) is 3.12. The third-order valence-electron chi connectivity index (χ3n) is 2.44. The number of rotatable bonds is 3. The van der Waals surface area contributed by atoms with Crippen LogP contribution in [-0.4, -0.2) is 13.0 Å². The van der Waals surface area contributed by atoms with Gasteiger partial charge in [0.1, 0.15) is 5.75 Å². The van der Waals surface area contributed by atoms with Gasteiger partial charge in [0, 0.05) is 0 Å². The Morgan fingerprint density at radius 1 is 0.882 bits per heavy atom. The van der Waals surface area contributed by atoms with Gasteiger partial charge in [0.25, 0.3) is 10.1 Å². The zero-order valence-corrected chi connectivity index (χ0v) is 9.89. The van der Waals surface area contributed by atoms with Crippen LogP contribution in [0.1, 0.15) is 5.56 Å². The zero-order valence-electron chi connectivity index (χ0n) is 9.08. The second kappa shape index (κ2) is 4.69. The van der Waals surface area contributed by atoms with Crippen LogP contribution in [0, 0.1) is 0 Å². The Morgan fingerprint density at radius 3 is 2.12 bits per heavy atom.